The number of nitrogens with two attached hydrogens (primary N) is 3. The fourth-order valence-electron chi connectivity index (χ4n) is 0.694. The zero-order chi connectivity index (χ0) is 10.4. The number of carboxylic acid groups (broad SMARTS) is 1. The van der Waals surface area contributed by atoms with Crippen molar-refractivity contribution in [3.8, 4) is 0 Å². The Labute approximate surface area is 103 Å². The molecule has 0 unspecified atom stereocenters. The van der Waals surface area contributed by atoms with Crippen LogP contribution in [0.25, 0.3) is 0 Å². The molecule has 0 aromatic heterocycles. The summed E-state index contributed by atoms with van der Waals surface area (Å²) in [7, 11) is 0. The van der Waals surface area contributed by atoms with Crippen LogP contribution in [0.3, 0.4) is 0 Å². The van der Waals surface area contributed by atoms with E-state index in [-0.39, 0.29) is 48.4 Å². The van der Waals surface area contributed by atoms with E-state index in [1.807, 2.05) is 0 Å². The van der Waals surface area contributed by atoms with Gasteiger partial charge in [-0.1, -0.05) is 0 Å². The molecule has 0 aromatic rings. The summed E-state index contributed by atoms with van der Waals surface area (Å²) in [6.07, 6.45) is -0.162. The number of hydrogen-bond donors (Lipinski definition) is 3. The van der Waals surface area contributed by atoms with Gasteiger partial charge >= 0.3 is 29.6 Å². The number of rotatable bonds is 5. The molecule has 0 fully saturated rings. The van der Waals surface area contributed by atoms with Crippen molar-refractivity contribution in [3.63, 3.8) is 0 Å². The summed E-state index contributed by atoms with van der Waals surface area (Å²) in [6, 6.07) is -1.21. The van der Waals surface area contributed by atoms with Gasteiger partial charge < -0.3 is 27.1 Å². The van der Waals surface area contributed by atoms with Crippen LogP contribution < -0.4 is 51.9 Å². The topological polar surface area (TPSA) is 148 Å². The number of amides is 1. The van der Waals surface area contributed by atoms with E-state index in [0.717, 1.165) is 0 Å². The quantitative estimate of drug-likeness (QED) is 0.234. The van der Waals surface area contributed by atoms with Gasteiger partial charge in [0.25, 0.3) is 0 Å². The zero-order valence-electron chi connectivity index (χ0n) is 7.90. The molecule has 6 N–H and O–H groups in total. The summed E-state index contributed by atoms with van der Waals surface area (Å²) in [4.78, 5) is 24.0. The number of carbonyl (C=O) groups excluding carboxylic acids is 2. The van der Waals surface area contributed by atoms with Crippen LogP contribution in [0.2, 0.25) is 0 Å². The van der Waals surface area contributed by atoms with Gasteiger partial charge in [0.05, 0.1) is 12.0 Å². The predicted octanol–water partition coefficient (Wildman–Crippen LogP) is -6.35. The van der Waals surface area contributed by atoms with Crippen LogP contribution in [-0.4, -0.2) is 23.9 Å². The smallest absolute Gasteiger partial charge is 0.548 e. The average Bonchev–Trinajstić information content (AvgIpc) is 1.96. The Morgan fingerprint density at radius 1 is 1.29 bits per heavy atom. The standard InChI is InChI=1S/C6H12N4O3.Na/c7-4(11)2-1-3(5(12)13)10-6(8)9;/h3H,1-2H2,(H2,7,11)(H,12,13)(H4,8,9,10);/q;+1/p-1/t3-;/m0./s1. The van der Waals surface area contributed by atoms with Gasteiger partial charge in [0.1, 0.15) is 0 Å². The summed E-state index contributed by atoms with van der Waals surface area (Å²) in [5, 5.41) is 10.4. The van der Waals surface area contributed by atoms with E-state index >= 15 is 0 Å². The number of nitrogens with zero attached hydrogens (tertiary/aromatic N) is 1. The maximum Gasteiger partial charge on any atom is 1.00 e. The first-order valence-corrected chi connectivity index (χ1v) is 3.51. The number of aliphatic imine (C=N–C) groups is 1. The van der Waals surface area contributed by atoms with Crippen molar-refractivity contribution < 1.29 is 44.3 Å². The summed E-state index contributed by atoms with van der Waals surface area (Å²) in [6.45, 7) is 0. The molecule has 0 aliphatic heterocycles. The molecule has 0 saturated carbocycles. The first-order valence-electron chi connectivity index (χ1n) is 3.51. The van der Waals surface area contributed by atoms with Crippen LogP contribution in [0.5, 0.6) is 0 Å². The predicted molar refractivity (Wildman–Crippen MR) is 43.0 cm³/mol. The van der Waals surface area contributed by atoms with Crippen molar-refractivity contribution in [1.82, 2.24) is 0 Å². The van der Waals surface area contributed by atoms with E-state index in [1.165, 1.54) is 0 Å². The van der Waals surface area contributed by atoms with Gasteiger partial charge in [-0.05, 0) is 6.42 Å². The molecule has 0 saturated heterocycles. The SMILES string of the molecule is NC(=O)CC[C@H](N=C(N)N)C(=O)[O-].[Na+]. The number of carboxylic acids is 1. The molecule has 0 aliphatic rings. The molecule has 0 bridgehead atoms. The number of aliphatic carboxylic acids is 1. The zero-order valence-corrected chi connectivity index (χ0v) is 9.90. The largest absolute Gasteiger partial charge is 1.00 e. The van der Waals surface area contributed by atoms with Gasteiger partial charge in [-0.2, -0.15) is 0 Å². The first kappa shape index (κ1) is 15.7. The fraction of sp³-hybridized carbons (Fsp3) is 0.500. The van der Waals surface area contributed by atoms with Crippen molar-refractivity contribution in [3.05, 3.63) is 0 Å². The third kappa shape index (κ3) is 7.84. The van der Waals surface area contributed by atoms with Crippen molar-refractivity contribution in [2.24, 2.45) is 22.2 Å². The van der Waals surface area contributed by atoms with Crippen molar-refractivity contribution >= 4 is 17.8 Å². The molecule has 7 nitrogen and oxygen atoms in total. The Kier molecular flexibility index (Phi) is 8.51. The summed E-state index contributed by atoms with van der Waals surface area (Å²) >= 11 is 0. The van der Waals surface area contributed by atoms with Gasteiger partial charge in [0, 0.05) is 6.42 Å². The van der Waals surface area contributed by atoms with E-state index in [0.29, 0.717) is 0 Å². The minimum absolute atomic E-state index is 0. The monoisotopic (exact) mass is 210 g/mol. The van der Waals surface area contributed by atoms with Gasteiger partial charge in [0.15, 0.2) is 5.96 Å². The second-order valence-electron chi connectivity index (χ2n) is 2.39. The van der Waals surface area contributed by atoms with E-state index < -0.39 is 17.9 Å². The summed E-state index contributed by atoms with van der Waals surface area (Å²) in [5.41, 5.74) is 14.7. The average molecular weight is 210 g/mol. The van der Waals surface area contributed by atoms with Crippen molar-refractivity contribution in [2.45, 2.75) is 18.9 Å². The van der Waals surface area contributed by atoms with Crippen molar-refractivity contribution in [2.75, 3.05) is 0 Å². The van der Waals surface area contributed by atoms with Crippen LogP contribution in [0.15, 0.2) is 4.99 Å². The Morgan fingerprint density at radius 3 is 2.07 bits per heavy atom. The van der Waals surface area contributed by atoms with Crippen LogP contribution >= 0.6 is 0 Å². The van der Waals surface area contributed by atoms with E-state index in [1.54, 1.807) is 0 Å². The minimum atomic E-state index is -1.44. The Bertz CT molecular complexity index is 239. The third-order valence-electron chi connectivity index (χ3n) is 1.24. The van der Waals surface area contributed by atoms with Crippen molar-refractivity contribution in [1.29, 1.82) is 0 Å². The normalized spacial score (nSPS) is 10.9. The first-order chi connectivity index (χ1) is 5.93. The second kappa shape index (κ2) is 7.60. The Hall–Kier alpha value is -0.790. The molecule has 0 rings (SSSR count). The van der Waals surface area contributed by atoms with Crippen LogP contribution in [0.4, 0.5) is 0 Å². The van der Waals surface area contributed by atoms with E-state index in [2.05, 4.69) is 4.99 Å². The fourth-order valence-corrected chi connectivity index (χ4v) is 0.694. The second-order valence-corrected chi connectivity index (χ2v) is 2.39. The maximum atomic E-state index is 10.4. The Balaban J connectivity index is 0. The summed E-state index contributed by atoms with van der Waals surface area (Å²) < 4.78 is 0. The molecule has 1 atom stereocenters. The third-order valence-corrected chi connectivity index (χ3v) is 1.24. The van der Waals surface area contributed by atoms with Gasteiger partial charge in [-0.15, -0.1) is 0 Å². The number of guanidine groups is 1. The molecule has 74 valence electrons. The summed E-state index contributed by atoms with van der Waals surface area (Å²) in [5.74, 6) is -2.41. The van der Waals surface area contributed by atoms with Gasteiger partial charge in [-0.25, -0.2) is 4.99 Å². The molecule has 0 aliphatic carbocycles. The molecule has 14 heavy (non-hydrogen) atoms. The van der Waals surface area contributed by atoms with Gasteiger partial charge in [0.2, 0.25) is 5.91 Å². The number of hydrogen-bond acceptors (Lipinski definition) is 4. The van der Waals surface area contributed by atoms with E-state index in [4.69, 9.17) is 17.2 Å². The Morgan fingerprint density at radius 2 is 1.79 bits per heavy atom. The minimum Gasteiger partial charge on any atom is -0.548 e. The van der Waals surface area contributed by atoms with E-state index in [9.17, 15) is 14.7 Å². The van der Waals surface area contributed by atoms with Crippen LogP contribution in [-0.2, 0) is 9.59 Å². The van der Waals surface area contributed by atoms with Gasteiger partial charge in [-0.3, -0.25) is 4.79 Å². The molecule has 0 spiro atoms. The molecule has 0 heterocycles. The van der Waals surface area contributed by atoms with Crippen LogP contribution in [0, 0.1) is 0 Å². The molecule has 0 radical (unpaired) electrons. The molecule has 1 amide bonds. The maximum absolute atomic E-state index is 10.4. The number of primary amides is 1. The number of carbonyl (C=O) groups is 2. The molecule has 0 aromatic carbocycles. The molecular weight excluding hydrogens is 199 g/mol. The molecule has 8 heteroatoms. The molecular formula is C6H11N4NaO3. The van der Waals surface area contributed by atoms with Crippen LogP contribution in [0.1, 0.15) is 12.8 Å².